The van der Waals surface area contributed by atoms with Crippen molar-refractivity contribution in [2.24, 2.45) is 7.05 Å². The predicted molar refractivity (Wildman–Crippen MR) is 105 cm³/mol. The minimum atomic E-state index is -0.582. The van der Waals surface area contributed by atoms with Crippen molar-refractivity contribution >= 4 is 40.4 Å². The number of imide groups is 1. The van der Waals surface area contributed by atoms with Crippen LogP contribution in [0, 0.1) is 20.8 Å². The SMILES string of the molecule is Cc1nc2ccccc2nc1SCC(=O)NC(=O)Nc1c(C)nn(C)c1C. The monoisotopic (exact) mass is 384 g/mol. The van der Waals surface area contributed by atoms with E-state index in [1.54, 1.807) is 18.7 Å². The second-order valence-corrected chi connectivity index (χ2v) is 7.03. The first-order chi connectivity index (χ1) is 12.8. The first-order valence-electron chi connectivity index (χ1n) is 8.32. The van der Waals surface area contributed by atoms with Crippen LogP contribution in [-0.2, 0) is 11.8 Å². The lowest BCUT2D eigenvalue weighted by Gasteiger charge is -2.08. The van der Waals surface area contributed by atoms with E-state index in [1.165, 1.54) is 11.8 Å². The van der Waals surface area contributed by atoms with Gasteiger partial charge >= 0.3 is 6.03 Å². The van der Waals surface area contributed by atoms with Crippen LogP contribution in [0.4, 0.5) is 10.5 Å². The van der Waals surface area contributed by atoms with Crippen LogP contribution in [-0.4, -0.2) is 37.4 Å². The zero-order valence-corrected chi connectivity index (χ0v) is 16.3. The minimum Gasteiger partial charge on any atom is -0.304 e. The van der Waals surface area contributed by atoms with Crippen LogP contribution in [0.2, 0.25) is 0 Å². The molecule has 9 heteroatoms. The summed E-state index contributed by atoms with van der Waals surface area (Å²) in [7, 11) is 1.79. The van der Waals surface area contributed by atoms with Gasteiger partial charge in [0.1, 0.15) is 5.03 Å². The van der Waals surface area contributed by atoms with Crippen molar-refractivity contribution in [3.8, 4) is 0 Å². The Balaban J connectivity index is 1.59. The molecule has 2 N–H and O–H groups in total. The van der Waals surface area contributed by atoms with Gasteiger partial charge in [0.2, 0.25) is 5.91 Å². The normalized spacial score (nSPS) is 10.8. The van der Waals surface area contributed by atoms with Crippen molar-refractivity contribution in [1.82, 2.24) is 25.1 Å². The molecule has 0 saturated carbocycles. The van der Waals surface area contributed by atoms with E-state index >= 15 is 0 Å². The molecule has 0 spiro atoms. The van der Waals surface area contributed by atoms with Crippen LogP contribution >= 0.6 is 11.8 Å². The van der Waals surface area contributed by atoms with Gasteiger partial charge in [0.05, 0.1) is 39.6 Å². The second-order valence-electron chi connectivity index (χ2n) is 6.06. The first kappa shape index (κ1) is 18.8. The summed E-state index contributed by atoms with van der Waals surface area (Å²) in [4.78, 5) is 33.2. The number of anilines is 1. The summed E-state index contributed by atoms with van der Waals surface area (Å²) in [5.74, 6) is -0.349. The summed E-state index contributed by atoms with van der Waals surface area (Å²) >= 11 is 1.25. The highest BCUT2D eigenvalue weighted by Crippen LogP contribution is 2.22. The number of aryl methyl sites for hydroxylation is 3. The Morgan fingerprint density at radius 2 is 1.74 bits per heavy atom. The molecule has 2 heterocycles. The number of urea groups is 1. The van der Waals surface area contributed by atoms with Gasteiger partial charge in [-0.25, -0.2) is 14.8 Å². The fourth-order valence-electron chi connectivity index (χ4n) is 2.60. The van der Waals surface area contributed by atoms with Crippen molar-refractivity contribution in [2.45, 2.75) is 25.8 Å². The maximum Gasteiger partial charge on any atom is 0.326 e. The smallest absolute Gasteiger partial charge is 0.304 e. The lowest BCUT2D eigenvalue weighted by molar-refractivity contribution is -0.117. The largest absolute Gasteiger partial charge is 0.326 e. The van der Waals surface area contributed by atoms with Gasteiger partial charge in [-0.1, -0.05) is 23.9 Å². The number of carbonyl (C=O) groups excluding carboxylic acids is 2. The van der Waals surface area contributed by atoms with E-state index in [1.807, 2.05) is 38.1 Å². The number of fused-ring (bicyclic) bond motifs is 1. The Bertz CT molecular complexity index is 1030. The molecular weight excluding hydrogens is 364 g/mol. The molecule has 0 unspecified atom stereocenters. The quantitative estimate of drug-likeness (QED) is 0.671. The van der Waals surface area contributed by atoms with Crippen LogP contribution in [0.5, 0.6) is 0 Å². The van der Waals surface area contributed by atoms with Crippen molar-refractivity contribution < 1.29 is 9.59 Å². The zero-order chi connectivity index (χ0) is 19.6. The molecule has 0 aliphatic rings. The summed E-state index contributed by atoms with van der Waals surface area (Å²) in [6.07, 6.45) is 0. The van der Waals surface area contributed by atoms with Crippen LogP contribution < -0.4 is 10.6 Å². The zero-order valence-electron chi connectivity index (χ0n) is 15.5. The van der Waals surface area contributed by atoms with E-state index in [4.69, 9.17) is 0 Å². The number of rotatable bonds is 4. The summed E-state index contributed by atoms with van der Waals surface area (Å²) in [6, 6.07) is 6.98. The molecule has 3 aromatic rings. The number of carbonyl (C=O) groups is 2. The van der Waals surface area contributed by atoms with Crippen LogP contribution in [0.3, 0.4) is 0 Å². The van der Waals surface area contributed by atoms with Crippen molar-refractivity contribution in [3.05, 3.63) is 41.3 Å². The van der Waals surface area contributed by atoms with E-state index < -0.39 is 11.9 Å². The van der Waals surface area contributed by atoms with Gasteiger partial charge in [0.25, 0.3) is 0 Å². The predicted octanol–water partition coefficient (Wildman–Crippen LogP) is 2.73. The molecule has 0 bridgehead atoms. The molecule has 1 aromatic carbocycles. The summed E-state index contributed by atoms with van der Waals surface area (Å²) in [5, 5.41) is 9.89. The Hall–Kier alpha value is -2.94. The molecular formula is C18H20N6O2S. The number of nitrogens with one attached hydrogen (secondary N) is 2. The van der Waals surface area contributed by atoms with E-state index in [0.29, 0.717) is 16.4 Å². The summed E-state index contributed by atoms with van der Waals surface area (Å²) < 4.78 is 1.67. The molecule has 2 aromatic heterocycles. The van der Waals surface area contributed by atoms with E-state index in [9.17, 15) is 9.59 Å². The molecule has 3 amide bonds. The maximum atomic E-state index is 12.1. The molecule has 3 rings (SSSR count). The average Bonchev–Trinajstić information content (AvgIpc) is 2.86. The maximum absolute atomic E-state index is 12.1. The van der Waals surface area contributed by atoms with Gasteiger partial charge in [-0.15, -0.1) is 0 Å². The van der Waals surface area contributed by atoms with Crippen molar-refractivity contribution in [3.63, 3.8) is 0 Å². The number of thioether (sulfide) groups is 1. The van der Waals surface area contributed by atoms with Crippen molar-refractivity contribution in [1.29, 1.82) is 0 Å². The van der Waals surface area contributed by atoms with Gasteiger partial charge in [-0.2, -0.15) is 5.10 Å². The van der Waals surface area contributed by atoms with Crippen LogP contribution in [0.25, 0.3) is 11.0 Å². The standard InChI is InChI=1S/C18H20N6O2S/c1-10-16(12(3)24(4)23-10)22-18(26)21-15(25)9-27-17-11(2)19-13-7-5-6-8-14(13)20-17/h5-8H,9H2,1-4H3,(H2,21,22,25,26). The van der Waals surface area contributed by atoms with Crippen LogP contribution in [0.15, 0.2) is 29.3 Å². The Morgan fingerprint density at radius 3 is 2.37 bits per heavy atom. The molecule has 0 fully saturated rings. The Kier molecular flexibility index (Phi) is 5.41. The molecule has 0 aliphatic heterocycles. The topological polar surface area (TPSA) is 102 Å². The number of aromatic nitrogens is 4. The van der Waals surface area contributed by atoms with E-state index in [-0.39, 0.29) is 5.75 Å². The fourth-order valence-corrected chi connectivity index (χ4v) is 3.36. The van der Waals surface area contributed by atoms with E-state index in [0.717, 1.165) is 22.4 Å². The number of para-hydroxylation sites is 2. The highest BCUT2D eigenvalue weighted by Gasteiger charge is 2.15. The number of nitrogens with zero attached hydrogens (tertiary/aromatic N) is 4. The van der Waals surface area contributed by atoms with E-state index in [2.05, 4.69) is 25.7 Å². The first-order valence-corrected chi connectivity index (χ1v) is 9.31. The Labute approximate surface area is 160 Å². The molecule has 0 atom stereocenters. The van der Waals surface area contributed by atoms with Gasteiger partial charge in [-0.3, -0.25) is 14.8 Å². The van der Waals surface area contributed by atoms with Gasteiger partial charge in [-0.05, 0) is 32.9 Å². The lowest BCUT2D eigenvalue weighted by atomic mass is 10.3. The minimum absolute atomic E-state index is 0.0618. The summed E-state index contributed by atoms with van der Waals surface area (Å²) in [5.41, 5.74) is 4.43. The third-order valence-electron chi connectivity index (χ3n) is 4.04. The van der Waals surface area contributed by atoms with Gasteiger partial charge in [0, 0.05) is 7.05 Å². The molecule has 8 nitrogen and oxygen atoms in total. The second kappa shape index (κ2) is 7.75. The lowest BCUT2D eigenvalue weighted by Crippen LogP contribution is -2.35. The Morgan fingerprint density at radius 1 is 1.07 bits per heavy atom. The molecule has 0 saturated heterocycles. The third kappa shape index (κ3) is 4.25. The number of amides is 3. The molecule has 0 radical (unpaired) electrons. The average molecular weight is 384 g/mol. The van der Waals surface area contributed by atoms with Crippen molar-refractivity contribution in [2.75, 3.05) is 11.1 Å². The summed E-state index contributed by atoms with van der Waals surface area (Å²) in [6.45, 7) is 5.48. The molecule has 0 aliphatic carbocycles. The van der Waals surface area contributed by atoms with Crippen LogP contribution in [0.1, 0.15) is 17.1 Å². The van der Waals surface area contributed by atoms with Gasteiger partial charge in [0.15, 0.2) is 0 Å². The number of benzene rings is 1. The highest BCUT2D eigenvalue weighted by atomic mass is 32.2. The number of hydrogen-bond donors (Lipinski definition) is 2. The molecule has 27 heavy (non-hydrogen) atoms. The fraction of sp³-hybridized carbons (Fsp3) is 0.278. The highest BCUT2D eigenvalue weighted by molar-refractivity contribution is 7.99. The number of hydrogen-bond acceptors (Lipinski definition) is 6. The third-order valence-corrected chi connectivity index (χ3v) is 5.11. The van der Waals surface area contributed by atoms with Gasteiger partial charge < -0.3 is 5.32 Å². The molecule has 140 valence electrons.